The fourth-order valence-corrected chi connectivity index (χ4v) is 2.37. The standard InChI is InChI=1S/C13H18N4O2S/c1-8(2)19-13-11(14)12(15-6-16-13)18-5-4-10-9(3)17-7-20-10/h6-8H,4-5,14H2,1-3H3. The first-order valence-electron chi connectivity index (χ1n) is 6.36. The Kier molecular flexibility index (Phi) is 4.73. The van der Waals surface area contributed by atoms with E-state index in [4.69, 9.17) is 15.2 Å². The van der Waals surface area contributed by atoms with Crippen molar-refractivity contribution in [1.82, 2.24) is 15.0 Å². The third-order valence-corrected chi connectivity index (χ3v) is 3.57. The summed E-state index contributed by atoms with van der Waals surface area (Å²) < 4.78 is 11.1. The number of hydrogen-bond donors (Lipinski definition) is 1. The van der Waals surface area contributed by atoms with Gasteiger partial charge in [0.05, 0.1) is 23.9 Å². The molecular weight excluding hydrogens is 276 g/mol. The van der Waals surface area contributed by atoms with E-state index in [0.29, 0.717) is 24.1 Å². The molecule has 2 rings (SSSR count). The second kappa shape index (κ2) is 6.51. The van der Waals surface area contributed by atoms with Gasteiger partial charge in [-0.2, -0.15) is 9.97 Å². The molecule has 0 fully saturated rings. The molecule has 108 valence electrons. The molecule has 6 nitrogen and oxygen atoms in total. The minimum absolute atomic E-state index is 0.0000993. The molecule has 2 N–H and O–H groups in total. The molecule has 0 radical (unpaired) electrons. The van der Waals surface area contributed by atoms with E-state index in [-0.39, 0.29) is 6.10 Å². The smallest absolute Gasteiger partial charge is 0.244 e. The topological polar surface area (TPSA) is 83.2 Å². The minimum atomic E-state index is -0.0000993. The van der Waals surface area contributed by atoms with Crippen LogP contribution < -0.4 is 15.2 Å². The largest absolute Gasteiger partial charge is 0.476 e. The second-order valence-electron chi connectivity index (χ2n) is 4.52. The van der Waals surface area contributed by atoms with Crippen LogP contribution in [0.4, 0.5) is 5.69 Å². The van der Waals surface area contributed by atoms with Gasteiger partial charge in [0.15, 0.2) is 5.69 Å². The van der Waals surface area contributed by atoms with Crippen LogP contribution in [0.2, 0.25) is 0 Å². The van der Waals surface area contributed by atoms with Crippen molar-refractivity contribution in [3.8, 4) is 11.8 Å². The summed E-state index contributed by atoms with van der Waals surface area (Å²) in [5.74, 6) is 0.719. The van der Waals surface area contributed by atoms with Crippen LogP contribution in [0.1, 0.15) is 24.4 Å². The van der Waals surface area contributed by atoms with Crippen molar-refractivity contribution in [2.45, 2.75) is 33.3 Å². The molecule has 2 heterocycles. The number of rotatable bonds is 6. The first-order valence-corrected chi connectivity index (χ1v) is 7.24. The van der Waals surface area contributed by atoms with E-state index < -0.39 is 0 Å². The van der Waals surface area contributed by atoms with Gasteiger partial charge in [0, 0.05) is 11.3 Å². The lowest BCUT2D eigenvalue weighted by Crippen LogP contribution is -2.11. The Morgan fingerprint density at radius 3 is 2.65 bits per heavy atom. The van der Waals surface area contributed by atoms with Crippen molar-refractivity contribution in [3.05, 3.63) is 22.4 Å². The molecule has 2 aromatic heterocycles. The van der Waals surface area contributed by atoms with E-state index in [1.165, 1.54) is 11.2 Å². The van der Waals surface area contributed by atoms with E-state index in [9.17, 15) is 0 Å². The van der Waals surface area contributed by atoms with Crippen LogP contribution in [0.5, 0.6) is 11.8 Å². The predicted molar refractivity (Wildman–Crippen MR) is 78.3 cm³/mol. The average molecular weight is 294 g/mol. The van der Waals surface area contributed by atoms with Crippen LogP contribution in [-0.4, -0.2) is 27.7 Å². The highest BCUT2D eigenvalue weighted by Crippen LogP contribution is 2.27. The third-order valence-electron chi connectivity index (χ3n) is 2.57. The van der Waals surface area contributed by atoms with Crippen molar-refractivity contribution in [1.29, 1.82) is 0 Å². The monoisotopic (exact) mass is 294 g/mol. The Bertz CT molecular complexity index is 571. The zero-order valence-corrected chi connectivity index (χ0v) is 12.6. The minimum Gasteiger partial charge on any atom is -0.476 e. The van der Waals surface area contributed by atoms with Crippen molar-refractivity contribution in [2.24, 2.45) is 0 Å². The molecular formula is C13H18N4O2S. The van der Waals surface area contributed by atoms with Crippen LogP contribution in [0, 0.1) is 6.92 Å². The summed E-state index contributed by atoms with van der Waals surface area (Å²) in [5.41, 5.74) is 9.14. The van der Waals surface area contributed by atoms with Gasteiger partial charge in [0.2, 0.25) is 11.8 Å². The molecule has 20 heavy (non-hydrogen) atoms. The Labute approximate surface area is 122 Å². The Morgan fingerprint density at radius 2 is 2.00 bits per heavy atom. The molecule has 0 saturated carbocycles. The summed E-state index contributed by atoms with van der Waals surface area (Å²) >= 11 is 1.62. The van der Waals surface area contributed by atoms with E-state index in [1.807, 2.05) is 26.3 Å². The van der Waals surface area contributed by atoms with E-state index in [1.54, 1.807) is 11.3 Å². The molecule has 0 aromatic carbocycles. The summed E-state index contributed by atoms with van der Waals surface area (Å²) in [5, 5.41) is 0. The lowest BCUT2D eigenvalue weighted by molar-refractivity contribution is 0.231. The Morgan fingerprint density at radius 1 is 1.25 bits per heavy atom. The molecule has 0 aliphatic heterocycles. The van der Waals surface area contributed by atoms with Crippen LogP contribution in [-0.2, 0) is 6.42 Å². The maximum atomic E-state index is 5.94. The summed E-state index contributed by atoms with van der Waals surface area (Å²) in [6.07, 6.45) is 2.17. The molecule has 0 bridgehead atoms. The normalized spacial score (nSPS) is 10.8. The fourth-order valence-electron chi connectivity index (χ4n) is 1.60. The number of anilines is 1. The van der Waals surface area contributed by atoms with Gasteiger partial charge in [-0.05, 0) is 20.8 Å². The summed E-state index contributed by atoms with van der Waals surface area (Å²) in [4.78, 5) is 13.4. The second-order valence-corrected chi connectivity index (χ2v) is 5.46. The summed E-state index contributed by atoms with van der Waals surface area (Å²) in [6.45, 7) is 6.30. The van der Waals surface area contributed by atoms with Crippen molar-refractivity contribution in [3.63, 3.8) is 0 Å². The summed E-state index contributed by atoms with van der Waals surface area (Å²) in [7, 11) is 0. The van der Waals surface area contributed by atoms with E-state index in [0.717, 1.165) is 12.1 Å². The number of nitrogens with zero attached hydrogens (tertiary/aromatic N) is 3. The first kappa shape index (κ1) is 14.5. The first-order chi connectivity index (χ1) is 9.58. The van der Waals surface area contributed by atoms with Gasteiger partial charge in [0.1, 0.15) is 6.33 Å². The SMILES string of the molecule is Cc1ncsc1CCOc1ncnc(OC(C)C)c1N. The molecule has 0 aliphatic rings. The number of nitrogens with two attached hydrogens (primary N) is 1. The Hall–Kier alpha value is -1.89. The zero-order chi connectivity index (χ0) is 14.5. The number of ether oxygens (including phenoxy) is 2. The highest BCUT2D eigenvalue weighted by molar-refractivity contribution is 7.09. The van der Waals surface area contributed by atoms with Crippen molar-refractivity contribution in [2.75, 3.05) is 12.3 Å². The van der Waals surface area contributed by atoms with Crippen LogP contribution in [0.25, 0.3) is 0 Å². The maximum absolute atomic E-state index is 5.94. The Balaban J connectivity index is 1.97. The van der Waals surface area contributed by atoms with Gasteiger partial charge in [-0.3, -0.25) is 0 Å². The highest BCUT2D eigenvalue weighted by Gasteiger charge is 2.12. The van der Waals surface area contributed by atoms with E-state index in [2.05, 4.69) is 15.0 Å². The van der Waals surface area contributed by atoms with Gasteiger partial charge in [-0.15, -0.1) is 11.3 Å². The van der Waals surface area contributed by atoms with Crippen molar-refractivity contribution >= 4 is 17.0 Å². The van der Waals surface area contributed by atoms with Crippen LogP contribution in [0.3, 0.4) is 0 Å². The third kappa shape index (κ3) is 3.57. The van der Waals surface area contributed by atoms with Crippen LogP contribution >= 0.6 is 11.3 Å². The van der Waals surface area contributed by atoms with Gasteiger partial charge in [-0.25, -0.2) is 4.98 Å². The molecule has 0 saturated heterocycles. The van der Waals surface area contributed by atoms with Gasteiger partial charge >= 0.3 is 0 Å². The summed E-state index contributed by atoms with van der Waals surface area (Å²) in [6, 6.07) is 0. The van der Waals surface area contributed by atoms with Gasteiger partial charge in [-0.1, -0.05) is 0 Å². The molecule has 0 atom stereocenters. The number of thiazole rings is 1. The molecule has 0 aliphatic carbocycles. The number of hydrogen-bond acceptors (Lipinski definition) is 7. The highest BCUT2D eigenvalue weighted by atomic mass is 32.1. The van der Waals surface area contributed by atoms with Crippen LogP contribution in [0.15, 0.2) is 11.8 Å². The maximum Gasteiger partial charge on any atom is 0.244 e. The van der Waals surface area contributed by atoms with E-state index >= 15 is 0 Å². The molecule has 0 unspecified atom stereocenters. The van der Waals surface area contributed by atoms with Gasteiger partial charge < -0.3 is 15.2 Å². The molecule has 0 amide bonds. The number of aromatic nitrogens is 3. The van der Waals surface area contributed by atoms with Gasteiger partial charge in [0.25, 0.3) is 0 Å². The predicted octanol–water partition coefficient (Wildman–Crippen LogP) is 2.23. The fraction of sp³-hybridized carbons (Fsp3) is 0.462. The lowest BCUT2D eigenvalue weighted by Gasteiger charge is -2.13. The molecule has 7 heteroatoms. The van der Waals surface area contributed by atoms with Crippen molar-refractivity contribution < 1.29 is 9.47 Å². The quantitative estimate of drug-likeness (QED) is 0.879. The zero-order valence-electron chi connectivity index (χ0n) is 11.8. The molecule has 0 spiro atoms. The average Bonchev–Trinajstić information content (AvgIpc) is 2.79. The molecule has 2 aromatic rings. The number of nitrogen functional groups attached to an aromatic ring is 1. The lowest BCUT2D eigenvalue weighted by atomic mass is 10.3. The number of aryl methyl sites for hydroxylation is 1.